The molecule has 0 spiro atoms. The standard InChI is InChI=1S/C13H16BrFN2O3S/c1-21(19,20)16-10-4-6-17(7-5-10)13(18)11-8-9(14)2-3-12(11)15/h2-3,8,10,16H,4-7H2,1H3. The van der Waals surface area contributed by atoms with Gasteiger partial charge in [0.1, 0.15) is 5.82 Å². The lowest BCUT2D eigenvalue weighted by atomic mass is 10.0. The van der Waals surface area contributed by atoms with Crippen LogP contribution in [-0.2, 0) is 10.0 Å². The minimum Gasteiger partial charge on any atom is -0.338 e. The molecule has 1 N–H and O–H groups in total. The molecule has 1 aliphatic rings. The van der Waals surface area contributed by atoms with Gasteiger partial charge < -0.3 is 4.90 Å². The van der Waals surface area contributed by atoms with Gasteiger partial charge in [0.2, 0.25) is 10.0 Å². The van der Waals surface area contributed by atoms with Crippen LogP contribution >= 0.6 is 15.9 Å². The van der Waals surface area contributed by atoms with Crippen molar-refractivity contribution in [2.45, 2.75) is 18.9 Å². The number of halogens is 2. The third kappa shape index (κ3) is 4.49. The largest absolute Gasteiger partial charge is 0.338 e. The molecule has 1 saturated heterocycles. The molecule has 0 radical (unpaired) electrons. The maximum absolute atomic E-state index is 13.7. The molecule has 1 aliphatic heterocycles. The van der Waals surface area contributed by atoms with Crippen LogP contribution in [-0.4, -0.2) is 44.6 Å². The Morgan fingerprint density at radius 1 is 1.38 bits per heavy atom. The van der Waals surface area contributed by atoms with Crippen molar-refractivity contribution < 1.29 is 17.6 Å². The van der Waals surface area contributed by atoms with Gasteiger partial charge in [-0.05, 0) is 31.0 Å². The fourth-order valence-electron chi connectivity index (χ4n) is 2.33. The van der Waals surface area contributed by atoms with E-state index in [4.69, 9.17) is 0 Å². The third-order valence-electron chi connectivity index (χ3n) is 3.32. The van der Waals surface area contributed by atoms with Crippen LogP contribution in [0.4, 0.5) is 4.39 Å². The molecular formula is C13H16BrFN2O3S. The Hall–Kier alpha value is -0.990. The minimum atomic E-state index is -3.25. The number of carbonyl (C=O) groups is 1. The van der Waals surface area contributed by atoms with E-state index in [1.807, 2.05) is 0 Å². The van der Waals surface area contributed by atoms with Gasteiger partial charge in [0.15, 0.2) is 0 Å². The summed E-state index contributed by atoms with van der Waals surface area (Å²) in [7, 11) is -3.25. The van der Waals surface area contributed by atoms with Crippen molar-refractivity contribution in [3.8, 4) is 0 Å². The van der Waals surface area contributed by atoms with E-state index in [0.29, 0.717) is 30.4 Å². The van der Waals surface area contributed by atoms with Crippen molar-refractivity contribution in [1.29, 1.82) is 0 Å². The van der Waals surface area contributed by atoms with Gasteiger partial charge >= 0.3 is 0 Å². The van der Waals surface area contributed by atoms with Crippen molar-refractivity contribution in [3.63, 3.8) is 0 Å². The number of sulfonamides is 1. The third-order valence-corrected chi connectivity index (χ3v) is 4.58. The molecule has 0 saturated carbocycles. The lowest BCUT2D eigenvalue weighted by molar-refractivity contribution is 0.0706. The van der Waals surface area contributed by atoms with E-state index in [2.05, 4.69) is 20.7 Å². The number of piperidine rings is 1. The molecule has 116 valence electrons. The van der Waals surface area contributed by atoms with Crippen molar-refractivity contribution in [2.75, 3.05) is 19.3 Å². The van der Waals surface area contributed by atoms with Gasteiger partial charge in [-0.2, -0.15) is 0 Å². The summed E-state index contributed by atoms with van der Waals surface area (Å²) in [5.74, 6) is -0.925. The van der Waals surface area contributed by atoms with Crippen LogP contribution < -0.4 is 4.72 Å². The normalized spacial score (nSPS) is 17.0. The Kier molecular flexibility index (Phi) is 5.00. The van der Waals surface area contributed by atoms with Gasteiger partial charge in [0.25, 0.3) is 5.91 Å². The van der Waals surface area contributed by atoms with E-state index in [1.165, 1.54) is 18.2 Å². The van der Waals surface area contributed by atoms with Crippen molar-refractivity contribution in [3.05, 3.63) is 34.1 Å². The highest BCUT2D eigenvalue weighted by molar-refractivity contribution is 9.10. The molecule has 1 aromatic rings. The van der Waals surface area contributed by atoms with Gasteiger partial charge in [-0.15, -0.1) is 0 Å². The van der Waals surface area contributed by atoms with Crippen LogP contribution in [0, 0.1) is 5.82 Å². The first-order valence-electron chi connectivity index (χ1n) is 6.48. The molecule has 1 amide bonds. The average Bonchev–Trinajstić information content (AvgIpc) is 2.40. The van der Waals surface area contributed by atoms with Crippen molar-refractivity contribution in [1.82, 2.24) is 9.62 Å². The zero-order valence-corrected chi connectivity index (χ0v) is 13.9. The number of rotatable bonds is 3. The van der Waals surface area contributed by atoms with Crippen LogP contribution in [0.1, 0.15) is 23.2 Å². The molecule has 0 atom stereocenters. The molecule has 0 aromatic heterocycles. The first-order chi connectivity index (χ1) is 9.76. The predicted molar refractivity (Wildman–Crippen MR) is 81.0 cm³/mol. The molecular weight excluding hydrogens is 363 g/mol. The molecule has 0 unspecified atom stereocenters. The zero-order chi connectivity index (χ0) is 15.6. The number of amides is 1. The fraction of sp³-hybridized carbons (Fsp3) is 0.462. The molecule has 1 heterocycles. The zero-order valence-electron chi connectivity index (χ0n) is 11.5. The molecule has 21 heavy (non-hydrogen) atoms. The van der Waals surface area contributed by atoms with Gasteiger partial charge in [-0.3, -0.25) is 4.79 Å². The average molecular weight is 379 g/mol. The number of nitrogens with one attached hydrogen (secondary N) is 1. The maximum atomic E-state index is 13.7. The fourth-order valence-corrected chi connectivity index (χ4v) is 3.54. The summed E-state index contributed by atoms with van der Waals surface area (Å²) < 4.78 is 39.2. The molecule has 8 heteroatoms. The molecule has 1 aromatic carbocycles. The highest BCUT2D eigenvalue weighted by Gasteiger charge is 2.26. The van der Waals surface area contributed by atoms with Crippen LogP contribution in [0.5, 0.6) is 0 Å². The van der Waals surface area contributed by atoms with E-state index in [9.17, 15) is 17.6 Å². The van der Waals surface area contributed by atoms with E-state index in [0.717, 1.165) is 6.26 Å². The number of nitrogens with zero attached hydrogens (tertiary/aromatic N) is 1. The smallest absolute Gasteiger partial charge is 0.256 e. The lowest BCUT2D eigenvalue weighted by Crippen LogP contribution is -2.46. The highest BCUT2D eigenvalue weighted by atomic mass is 79.9. The van der Waals surface area contributed by atoms with E-state index in [1.54, 1.807) is 4.90 Å². The van der Waals surface area contributed by atoms with Crippen LogP contribution in [0.15, 0.2) is 22.7 Å². The monoisotopic (exact) mass is 378 g/mol. The Morgan fingerprint density at radius 2 is 2.00 bits per heavy atom. The molecule has 5 nitrogen and oxygen atoms in total. The van der Waals surface area contributed by atoms with Gasteiger partial charge in [0.05, 0.1) is 11.8 Å². The maximum Gasteiger partial charge on any atom is 0.256 e. The topological polar surface area (TPSA) is 66.5 Å². The summed E-state index contributed by atoms with van der Waals surface area (Å²) in [6.45, 7) is 0.802. The molecule has 0 bridgehead atoms. The quantitative estimate of drug-likeness (QED) is 0.870. The van der Waals surface area contributed by atoms with Gasteiger partial charge in [0, 0.05) is 23.6 Å². The summed E-state index contributed by atoms with van der Waals surface area (Å²) >= 11 is 3.22. The molecule has 1 fully saturated rings. The first kappa shape index (κ1) is 16.4. The van der Waals surface area contributed by atoms with E-state index in [-0.39, 0.29) is 17.5 Å². The Balaban J connectivity index is 2.02. The molecule has 0 aliphatic carbocycles. The van der Waals surface area contributed by atoms with E-state index < -0.39 is 15.8 Å². The number of carbonyl (C=O) groups excluding carboxylic acids is 1. The predicted octanol–water partition coefficient (Wildman–Crippen LogP) is 1.74. The highest BCUT2D eigenvalue weighted by Crippen LogP contribution is 2.20. The first-order valence-corrected chi connectivity index (χ1v) is 9.16. The Bertz CT molecular complexity index is 643. The summed E-state index contributed by atoms with van der Waals surface area (Å²) in [4.78, 5) is 13.8. The molecule has 2 rings (SSSR count). The summed E-state index contributed by atoms with van der Waals surface area (Å²) in [6.07, 6.45) is 2.16. The lowest BCUT2D eigenvalue weighted by Gasteiger charge is -2.32. The summed E-state index contributed by atoms with van der Waals surface area (Å²) in [6, 6.07) is 4.07. The Morgan fingerprint density at radius 3 is 2.57 bits per heavy atom. The van der Waals surface area contributed by atoms with Crippen molar-refractivity contribution >= 4 is 31.9 Å². The second kappa shape index (κ2) is 6.41. The minimum absolute atomic E-state index is 0.0268. The van der Waals surface area contributed by atoms with Crippen LogP contribution in [0.2, 0.25) is 0 Å². The summed E-state index contributed by atoms with van der Waals surface area (Å²) in [5, 5.41) is 0. The second-order valence-corrected chi connectivity index (χ2v) is 7.78. The number of hydrogen-bond acceptors (Lipinski definition) is 3. The number of benzene rings is 1. The summed E-state index contributed by atoms with van der Waals surface area (Å²) in [5.41, 5.74) is 0.0268. The van der Waals surface area contributed by atoms with Gasteiger partial charge in [-0.25, -0.2) is 17.5 Å². The van der Waals surface area contributed by atoms with Gasteiger partial charge in [-0.1, -0.05) is 15.9 Å². The Labute approximate surface area is 131 Å². The van der Waals surface area contributed by atoms with Crippen molar-refractivity contribution in [2.24, 2.45) is 0 Å². The number of likely N-dealkylation sites (tertiary alicyclic amines) is 1. The van der Waals surface area contributed by atoms with E-state index >= 15 is 0 Å². The second-order valence-electron chi connectivity index (χ2n) is 5.08. The van der Waals surface area contributed by atoms with Crippen LogP contribution in [0.25, 0.3) is 0 Å². The number of hydrogen-bond donors (Lipinski definition) is 1. The SMILES string of the molecule is CS(=O)(=O)NC1CCN(C(=O)c2cc(Br)ccc2F)CC1. The van der Waals surface area contributed by atoms with Crippen LogP contribution in [0.3, 0.4) is 0 Å².